The first kappa shape index (κ1) is 12.3. The number of anilines is 1. The molecule has 0 saturated carbocycles. The van der Waals surface area contributed by atoms with Crippen molar-refractivity contribution >= 4 is 16.9 Å². The maximum absolute atomic E-state index is 5.87. The fourth-order valence-electron chi connectivity index (χ4n) is 1.93. The molecule has 0 saturated heterocycles. The van der Waals surface area contributed by atoms with Gasteiger partial charge in [-0.2, -0.15) is 4.98 Å². The highest BCUT2D eigenvalue weighted by atomic mass is 16.5. The zero-order valence-corrected chi connectivity index (χ0v) is 11.3. The molecule has 0 spiro atoms. The molecule has 0 atom stereocenters. The van der Waals surface area contributed by atoms with Crippen molar-refractivity contribution in [2.45, 2.75) is 13.8 Å². The molecular formula is C15H14N4O. The van der Waals surface area contributed by atoms with Crippen LogP contribution >= 0.6 is 0 Å². The molecule has 0 unspecified atom stereocenters. The number of fused-ring (bicyclic) bond motifs is 1. The fraction of sp³-hybridized carbons (Fsp3) is 0.133. The van der Waals surface area contributed by atoms with E-state index in [4.69, 9.17) is 10.5 Å². The number of nitrogen functional groups attached to an aromatic ring is 1. The van der Waals surface area contributed by atoms with Gasteiger partial charge in [-0.05, 0) is 43.2 Å². The summed E-state index contributed by atoms with van der Waals surface area (Å²) in [6.07, 6.45) is 3.25. The summed E-state index contributed by atoms with van der Waals surface area (Å²) in [6, 6.07) is 7.42. The van der Waals surface area contributed by atoms with Crippen LogP contribution in [-0.4, -0.2) is 15.0 Å². The second kappa shape index (κ2) is 4.77. The van der Waals surface area contributed by atoms with Gasteiger partial charge in [0, 0.05) is 24.1 Å². The molecule has 20 heavy (non-hydrogen) atoms. The van der Waals surface area contributed by atoms with Crippen LogP contribution in [0.5, 0.6) is 11.6 Å². The van der Waals surface area contributed by atoms with Crippen molar-refractivity contribution in [3.63, 3.8) is 0 Å². The molecule has 0 aliphatic carbocycles. The van der Waals surface area contributed by atoms with Gasteiger partial charge in [0.25, 0.3) is 0 Å². The van der Waals surface area contributed by atoms with Crippen LogP contribution in [0.1, 0.15) is 11.1 Å². The van der Waals surface area contributed by atoms with Gasteiger partial charge in [0.05, 0.1) is 0 Å². The van der Waals surface area contributed by atoms with Gasteiger partial charge in [0.1, 0.15) is 11.3 Å². The van der Waals surface area contributed by atoms with E-state index in [1.54, 1.807) is 18.5 Å². The summed E-state index contributed by atoms with van der Waals surface area (Å²) in [7, 11) is 0. The summed E-state index contributed by atoms with van der Waals surface area (Å²) in [6.45, 7) is 3.90. The average molecular weight is 266 g/mol. The van der Waals surface area contributed by atoms with E-state index in [1.165, 1.54) is 0 Å². The smallest absolute Gasteiger partial charge is 0.221 e. The van der Waals surface area contributed by atoms with Gasteiger partial charge in [-0.3, -0.25) is 4.98 Å². The van der Waals surface area contributed by atoms with Crippen LogP contribution in [-0.2, 0) is 0 Å². The van der Waals surface area contributed by atoms with Gasteiger partial charge in [0.2, 0.25) is 5.88 Å². The Hall–Kier alpha value is -2.69. The predicted molar refractivity (Wildman–Crippen MR) is 77.7 cm³/mol. The molecule has 0 aliphatic rings. The van der Waals surface area contributed by atoms with Crippen LogP contribution in [0, 0.1) is 13.8 Å². The SMILES string of the molecule is Cc1cc(Oc2ccc3nccnc3n2)c(C)cc1N. The zero-order chi connectivity index (χ0) is 14.1. The fourth-order valence-corrected chi connectivity index (χ4v) is 1.93. The summed E-state index contributed by atoms with van der Waals surface area (Å²) in [5.41, 5.74) is 9.87. The van der Waals surface area contributed by atoms with Crippen molar-refractivity contribution in [2.24, 2.45) is 0 Å². The maximum atomic E-state index is 5.87. The third-order valence-corrected chi connectivity index (χ3v) is 3.08. The number of benzene rings is 1. The highest BCUT2D eigenvalue weighted by molar-refractivity contribution is 5.69. The number of rotatable bonds is 2. The minimum atomic E-state index is 0.491. The van der Waals surface area contributed by atoms with E-state index in [2.05, 4.69) is 15.0 Å². The molecular weight excluding hydrogens is 252 g/mol. The standard InChI is InChI=1S/C15H14N4O/c1-9-8-13(10(2)7-11(9)16)20-14-4-3-12-15(19-14)18-6-5-17-12/h3-8H,16H2,1-2H3. The Labute approximate surface area is 116 Å². The Balaban J connectivity index is 1.99. The number of hydrogen-bond donors (Lipinski definition) is 1. The van der Waals surface area contributed by atoms with Crippen LogP contribution in [0.15, 0.2) is 36.7 Å². The lowest BCUT2D eigenvalue weighted by Crippen LogP contribution is -1.96. The molecule has 0 aliphatic heterocycles. The molecule has 5 heteroatoms. The van der Waals surface area contributed by atoms with Gasteiger partial charge in [0.15, 0.2) is 5.65 Å². The molecule has 3 aromatic rings. The highest BCUT2D eigenvalue weighted by Crippen LogP contribution is 2.28. The van der Waals surface area contributed by atoms with E-state index in [1.807, 2.05) is 32.0 Å². The lowest BCUT2D eigenvalue weighted by atomic mass is 10.1. The molecule has 5 nitrogen and oxygen atoms in total. The number of nitrogens with two attached hydrogens (primary N) is 1. The van der Waals surface area contributed by atoms with Gasteiger partial charge < -0.3 is 10.5 Å². The van der Waals surface area contributed by atoms with E-state index in [9.17, 15) is 0 Å². The number of aryl methyl sites for hydroxylation is 2. The van der Waals surface area contributed by atoms with E-state index in [-0.39, 0.29) is 0 Å². The van der Waals surface area contributed by atoms with Gasteiger partial charge in [-0.15, -0.1) is 0 Å². The molecule has 100 valence electrons. The molecule has 0 radical (unpaired) electrons. The van der Waals surface area contributed by atoms with Crippen LogP contribution in [0.4, 0.5) is 5.69 Å². The second-order valence-corrected chi connectivity index (χ2v) is 4.62. The Kier molecular flexibility index (Phi) is 2.95. The number of aromatic nitrogens is 3. The van der Waals surface area contributed by atoms with E-state index >= 15 is 0 Å². The number of ether oxygens (including phenoxy) is 1. The first-order valence-corrected chi connectivity index (χ1v) is 6.26. The molecule has 2 heterocycles. The van der Waals surface area contributed by atoms with Crippen LogP contribution in [0.25, 0.3) is 11.2 Å². The Bertz CT molecular complexity index is 786. The van der Waals surface area contributed by atoms with Crippen molar-refractivity contribution in [1.29, 1.82) is 0 Å². The van der Waals surface area contributed by atoms with Crippen molar-refractivity contribution in [3.8, 4) is 11.6 Å². The minimum Gasteiger partial charge on any atom is -0.439 e. The Morgan fingerprint density at radius 1 is 1.00 bits per heavy atom. The molecule has 0 bridgehead atoms. The van der Waals surface area contributed by atoms with Gasteiger partial charge in [-0.25, -0.2) is 4.98 Å². The maximum Gasteiger partial charge on any atom is 0.221 e. The Morgan fingerprint density at radius 3 is 2.65 bits per heavy atom. The van der Waals surface area contributed by atoms with Crippen molar-refractivity contribution < 1.29 is 4.74 Å². The average Bonchev–Trinajstić information content (AvgIpc) is 2.44. The summed E-state index contributed by atoms with van der Waals surface area (Å²) in [4.78, 5) is 12.7. The van der Waals surface area contributed by atoms with Crippen molar-refractivity contribution in [1.82, 2.24) is 15.0 Å². The quantitative estimate of drug-likeness (QED) is 0.722. The summed E-state index contributed by atoms with van der Waals surface area (Å²) in [5, 5.41) is 0. The molecule has 0 amide bonds. The number of pyridine rings is 1. The first-order chi connectivity index (χ1) is 9.63. The molecule has 3 rings (SSSR count). The van der Waals surface area contributed by atoms with Gasteiger partial charge in [-0.1, -0.05) is 0 Å². The monoisotopic (exact) mass is 266 g/mol. The summed E-state index contributed by atoms with van der Waals surface area (Å²) in [5.74, 6) is 1.23. The molecule has 2 N–H and O–H groups in total. The zero-order valence-electron chi connectivity index (χ0n) is 11.3. The minimum absolute atomic E-state index is 0.491. The third-order valence-electron chi connectivity index (χ3n) is 3.08. The van der Waals surface area contributed by atoms with E-state index in [0.717, 1.165) is 28.1 Å². The predicted octanol–water partition coefficient (Wildman–Crippen LogP) is 3.02. The molecule has 0 fully saturated rings. The topological polar surface area (TPSA) is 73.9 Å². The Morgan fingerprint density at radius 2 is 1.80 bits per heavy atom. The number of nitrogens with zero attached hydrogens (tertiary/aromatic N) is 3. The second-order valence-electron chi connectivity index (χ2n) is 4.62. The summed E-state index contributed by atoms with van der Waals surface area (Å²) >= 11 is 0. The normalized spacial score (nSPS) is 10.7. The van der Waals surface area contributed by atoms with E-state index in [0.29, 0.717) is 11.5 Å². The third kappa shape index (κ3) is 2.25. The van der Waals surface area contributed by atoms with Crippen molar-refractivity contribution in [2.75, 3.05) is 5.73 Å². The highest BCUT2D eigenvalue weighted by Gasteiger charge is 2.07. The molecule has 2 aromatic heterocycles. The number of hydrogen-bond acceptors (Lipinski definition) is 5. The van der Waals surface area contributed by atoms with Gasteiger partial charge >= 0.3 is 0 Å². The van der Waals surface area contributed by atoms with Crippen molar-refractivity contribution in [3.05, 3.63) is 47.8 Å². The molecule has 1 aromatic carbocycles. The lowest BCUT2D eigenvalue weighted by Gasteiger charge is -2.10. The van der Waals surface area contributed by atoms with Crippen LogP contribution in [0.3, 0.4) is 0 Å². The largest absolute Gasteiger partial charge is 0.439 e. The summed E-state index contributed by atoms with van der Waals surface area (Å²) < 4.78 is 5.82. The van der Waals surface area contributed by atoms with Crippen LogP contribution < -0.4 is 10.5 Å². The van der Waals surface area contributed by atoms with Crippen LogP contribution in [0.2, 0.25) is 0 Å². The first-order valence-electron chi connectivity index (χ1n) is 6.26. The lowest BCUT2D eigenvalue weighted by molar-refractivity contribution is 0.461. The van der Waals surface area contributed by atoms with E-state index < -0.39 is 0 Å².